The molecule has 0 aliphatic carbocycles. The lowest BCUT2D eigenvalue weighted by Gasteiger charge is -2.32. The van der Waals surface area contributed by atoms with Gasteiger partial charge in [-0.05, 0) is 25.7 Å². The highest BCUT2D eigenvalue weighted by Crippen LogP contribution is 2.25. The van der Waals surface area contributed by atoms with Gasteiger partial charge in [-0.3, -0.25) is 24.0 Å². The SMILES string of the molecule is CCCCCCCCCCCCCC1OC(=O)C(COC(C)=O)NC(=O)C(C(C)OC(=O)CC)NC(=O)C(C(C)C)NC(=O)C(C)C(O)C1C. The summed E-state index contributed by atoms with van der Waals surface area (Å²) in [5.74, 6) is -6.57. The van der Waals surface area contributed by atoms with E-state index in [0.717, 1.165) is 32.6 Å². The monoisotopic (exact) mass is 711 g/mol. The smallest absolute Gasteiger partial charge is 0.332 e. The molecule has 0 aromatic rings. The van der Waals surface area contributed by atoms with E-state index in [4.69, 9.17) is 14.2 Å². The first-order valence-electron chi connectivity index (χ1n) is 18.8. The van der Waals surface area contributed by atoms with Crippen molar-refractivity contribution in [3.05, 3.63) is 0 Å². The third-order valence-electron chi connectivity index (χ3n) is 9.37. The van der Waals surface area contributed by atoms with Crippen LogP contribution < -0.4 is 16.0 Å². The molecule has 1 rings (SSSR count). The summed E-state index contributed by atoms with van der Waals surface area (Å²) in [6.07, 6.45) is 9.52. The van der Waals surface area contributed by atoms with Gasteiger partial charge in [0, 0.05) is 19.3 Å². The molecule has 1 fully saturated rings. The van der Waals surface area contributed by atoms with Crippen LogP contribution in [-0.2, 0) is 43.0 Å². The van der Waals surface area contributed by atoms with E-state index in [1.807, 2.05) is 0 Å². The highest BCUT2D eigenvalue weighted by Gasteiger charge is 2.40. The molecule has 1 aliphatic rings. The van der Waals surface area contributed by atoms with Crippen LogP contribution in [0, 0.1) is 17.8 Å². The standard InChI is InChI=1S/C37H65N3O10/c1-9-11-12-13-14-15-16-17-18-19-20-21-29-24(5)33(43)25(6)34(44)39-31(23(3)4)35(45)40-32(26(7)49-30(42)10-2)36(46)38-28(37(47)50-29)22-48-27(8)41/h23-26,28-29,31-33,43H,9-22H2,1-8H3,(H,38,46)(H,39,44)(H,40,45). The number of unbranched alkanes of at least 4 members (excludes halogenated alkanes) is 10. The van der Waals surface area contributed by atoms with Crippen molar-refractivity contribution in [1.82, 2.24) is 16.0 Å². The summed E-state index contributed by atoms with van der Waals surface area (Å²) in [7, 11) is 0. The number of amides is 3. The number of esters is 3. The normalized spacial score (nSPS) is 26.1. The quantitative estimate of drug-likeness (QED) is 0.0910. The summed E-state index contributed by atoms with van der Waals surface area (Å²) in [5, 5.41) is 19.1. The van der Waals surface area contributed by atoms with Crippen LogP contribution in [0.5, 0.6) is 0 Å². The second kappa shape index (κ2) is 24.1. The van der Waals surface area contributed by atoms with Gasteiger partial charge in [-0.1, -0.05) is 106 Å². The first kappa shape index (κ1) is 44.8. The summed E-state index contributed by atoms with van der Waals surface area (Å²) < 4.78 is 16.4. The molecule has 0 aromatic heterocycles. The molecule has 0 saturated carbocycles. The third kappa shape index (κ3) is 16.2. The summed E-state index contributed by atoms with van der Waals surface area (Å²) in [4.78, 5) is 78.2. The van der Waals surface area contributed by atoms with Gasteiger partial charge >= 0.3 is 17.9 Å². The zero-order valence-corrected chi connectivity index (χ0v) is 31.7. The molecular formula is C37H65N3O10. The molecule has 1 heterocycles. The Kier molecular flexibility index (Phi) is 21.6. The molecule has 0 bridgehead atoms. The Morgan fingerprint density at radius 1 is 0.780 bits per heavy atom. The van der Waals surface area contributed by atoms with Crippen molar-refractivity contribution < 1.29 is 48.1 Å². The van der Waals surface area contributed by atoms with E-state index in [-0.39, 0.29) is 6.42 Å². The molecule has 8 atom stereocenters. The minimum atomic E-state index is -1.48. The molecule has 0 aromatic carbocycles. The van der Waals surface area contributed by atoms with E-state index >= 15 is 0 Å². The van der Waals surface area contributed by atoms with Gasteiger partial charge in [0.05, 0.1) is 12.0 Å². The Morgan fingerprint density at radius 3 is 1.82 bits per heavy atom. The Bertz CT molecular complexity index is 1080. The van der Waals surface area contributed by atoms with Crippen molar-refractivity contribution in [2.75, 3.05) is 6.61 Å². The average Bonchev–Trinajstić information content (AvgIpc) is 3.07. The van der Waals surface area contributed by atoms with Crippen molar-refractivity contribution in [3.8, 4) is 0 Å². The predicted molar refractivity (Wildman–Crippen MR) is 188 cm³/mol. The number of nitrogens with one attached hydrogen (secondary N) is 3. The van der Waals surface area contributed by atoms with Gasteiger partial charge in [-0.2, -0.15) is 0 Å². The molecule has 13 nitrogen and oxygen atoms in total. The van der Waals surface area contributed by atoms with Crippen molar-refractivity contribution in [3.63, 3.8) is 0 Å². The summed E-state index contributed by atoms with van der Waals surface area (Å²) in [6, 6.07) is -4.07. The van der Waals surface area contributed by atoms with Gasteiger partial charge in [0.1, 0.15) is 30.9 Å². The fourth-order valence-corrected chi connectivity index (χ4v) is 5.95. The Morgan fingerprint density at radius 2 is 1.30 bits per heavy atom. The zero-order valence-electron chi connectivity index (χ0n) is 31.7. The van der Waals surface area contributed by atoms with Crippen LogP contribution in [0.4, 0.5) is 0 Å². The lowest BCUT2D eigenvalue weighted by Crippen LogP contribution is -2.61. The Hall–Kier alpha value is -3.22. The van der Waals surface area contributed by atoms with E-state index < -0.39 is 96.4 Å². The highest BCUT2D eigenvalue weighted by atomic mass is 16.6. The minimum absolute atomic E-state index is 0.0115. The fraction of sp³-hybridized carbons (Fsp3) is 0.838. The molecular weight excluding hydrogens is 646 g/mol. The molecule has 0 radical (unpaired) electrons. The fourth-order valence-electron chi connectivity index (χ4n) is 5.95. The van der Waals surface area contributed by atoms with Gasteiger partial charge in [0.15, 0.2) is 6.04 Å². The molecule has 4 N–H and O–H groups in total. The number of cyclic esters (lactones) is 1. The number of aliphatic hydroxyl groups is 1. The molecule has 0 spiro atoms. The van der Waals surface area contributed by atoms with E-state index in [2.05, 4.69) is 22.9 Å². The number of rotatable bonds is 18. The van der Waals surface area contributed by atoms with Gasteiger partial charge in [-0.25, -0.2) is 4.79 Å². The summed E-state index contributed by atoms with van der Waals surface area (Å²) in [5.41, 5.74) is 0. The molecule has 1 saturated heterocycles. The largest absolute Gasteiger partial charge is 0.463 e. The predicted octanol–water partition coefficient (Wildman–Crippen LogP) is 4.26. The molecule has 3 amide bonds. The lowest BCUT2D eigenvalue weighted by molar-refractivity contribution is -0.163. The molecule has 288 valence electrons. The Balaban J connectivity index is 3.33. The van der Waals surface area contributed by atoms with Crippen LogP contribution >= 0.6 is 0 Å². The van der Waals surface area contributed by atoms with Gasteiger partial charge in [0.25, 0.3) is 0 Å². The van der Waals surface area contributed by atoms with Crippen molar-refractivity contribution in [2.45, 2.75) is 175 Å². The van der Waals surface area contributed by atoms with Crippen molar-refractivity contribution >= 4 is 35.6 Å². The number of carbonyl (C=O) groups excluding carboxylic acids is 6. The highest BCUT2D eigenvalue weighted by molar-refractivity contribution is 5.94. The maximum Gasteiger partial charge on any atom is 0.332 e. The van der Waals surface area contributed by atoms with E-state index in [0.29, 0.717) is 12.8 Å². The van der Waals surface area contributed by atoms with E-state index in [9.17, 15) is 33.9 Å². The van der Waals surface area contributed by atoms with Crippen LogP contribution in [0.2, 0.25) is 0 Å². The van der Waals surface area contributed by atoms with Crippen LogP contribution in [-0.4, -0.2) is 83.8 Å². The first-order chi connectivity index (χ1) is 23.6. The maximum absolute atomic E-state index is 13.7. The van der Waals surface area contributed by atoms with Crippen LogP contribution in [0.1, 0.15) is 139 Å². The van der Waals surface area contributed by atoms with Crippen LogP contribution in [0.15, 0.2) is 0 Å². The number of hydrogen-bond donors (Lipinski definition) is 4. The minimum Gasteiger partial charge on any atom is -0.463 e. The lowest BCUT2D eigenvalue weighted by atomic mass is 9.86. The number of hydrogen-bond acceptors (Lipinski definition) is 10. The van der Waals surface area contributed by atoms with E-state index in [1.165, 1.54) is 52.4 Å². The summed E-state index contributed by atoms with van der Waals surface area (Å²) in [6.45, 7) is 12.4. The second-order valence-electron chi connectivity index (χ2n) is 14.1. The van der Waals surface area contributed by atoms with Crippen molar-refractivity contribution in [1.29, 1.82) is 0 Å². The van der Waals surface area contributed by atoms with Gasteiger partial charge in [-0.15, -0.1) is 0 Å². The first-order valence-corrected chi connectivity index (χ1v) is 18.8. The number of carbonyl (C=O) groups is 6. The summed E-state index contributed by atoms with van der Waals surface area (Å²) >= 11 is 0. The topological polar surface area (TPSA) is 186 Å². The molecule has 1 aliphatic heterocycles. The average molecular weight is 712 g/mol. The zero-order chi connectivity index (χ0) is 37.8. The number of ether oxygens (including phenoxy) is 3. The van der Waals surface area contributed by atoms with Crippen LogP contribution in [0.25, 0.3) is 0 Å². The molecule has 13 heteroatoms. The Labute approximate surface area is 299 Å². The van der Waals surface area contributed by atoms with Crippen LogP contribution in [0.3, 0.4) is 0 Å². The third-order valence-corrected chi connectivity index (χ3v) is 9.37. The molecule has 50 heavy (non-hydrogen) atoms. The maximum atomic E-state index is 13.7. The number of aliphatic hydroxyl groups excluding tert-OH is 1. The van der Waals surface area contributed by atoms with Gasteiger partial charge in [0.2, 0.25) is 17.7 Å². The second-order valence-corrected chi connectivity index (χ2v) is 14.1. The molecule has 8 unspecified atom stereocenters. The van der Waals surface area contributed by atoms with Gasteiger partial charge < -0.3 is 35.3 Å². The van der Waals surface area contributed by atoms with E-state index in [1.54, 1.807) is 27.7 Å². The van der Waals surface area contributed by atoms with Crippen molar-refractivity contribution in [2.24, 2.45) is 17.8 Å².